The van der Waals surface area contributed by atoms with Gasteiger partial charge in [0, 0.05) is 11.1 Å². The first kappa shape index (κ1) is 16.1. The van der Waals surface area contributed by atoms with Crippen molar-refractivity contribution < 1.29 is 14.3 Å². The minimum Gasteiger partial charge on any atom is -0.496 e. The van der Waals surface area contributed by atoms with Gasteiger partial charge in [0.05, 0.1) is 12.7 Å². The Morgan fingerprint density at radius 1 is 1.04 bits per heavy atom. The van der Waals surface area contributed by atoms with Gasteiger partial charge in [-0.15, -0.1) is 0 Å². The maximum atomic E-state index is 12.2. The fourth-order valence-electron chi connectivity index (χ4n) is 2.62. The van der Waals surface area contributed by atoms with Crippen molar-refractivity contribution in [3.8, 4) is 5.75 Å². The minimum atomic E-state index is -0.344. The van der Waals surface area contributed by atoms with Crippen molar-refractivity contribution >= 4 is 17.8 Å². The highest BCUT2D eigenvalue weighted by molar-refractivity contribution is 6.05. The lowest BCUT2D eigenvalue weighted by atomic mass is 10.0. The molecule has 2 aromatic carbocycles. The lowest BCUT2D eigenvalue weighted by Gasteiger charge is -2.06. The van der Waals surface area contributed by atoms with Crippen molar-refractivity contribution in [3.63, 3.8) is 0 Å². The molecule has 0 unspecified atom stereocenters. The van der Waals surface area contributed by atoms with Gasteiger partial charge in [0.25, 0.3) is 0 Å². The number of methoxy groups -OCH3 is 1. The van der Waals surface area contributed by atoms with Gasteiger partial charge in [0.1, 0.15) is 11.5 Å². The molecule has 0 atom stereocenters. The average Bonchev–Trinajstić information content (AvgIpc) is 2.96. The number of carbonyl (C=O) groups excluding carboxylic acids is 1. The number of esters is 1. The molecule has 1 aliphatic heterocycles. The summed E-state index contributed by atoms with van der Waals surface area (Å²) in [5, 5.41) is 0. The molecule has 0 saturated heterocycles. The van der Waals surface area contributed by atoms with Crippen LogP contribution in [0, 0.1) is 0 Å². The molecular weight excluding hydrogens is 300 g/mol. The van der Waals surface area contributed by atoms with Crippen LogP contribution in [0.25, 0.3) is 11.8 Å². The van der Waals surface area contributed by atoms with E-state index in [0.29, 0.717) is 17.3 Å². The van der Waals surface area contributed by atoms with Gasteiger partial charge in [-0.3, -0.25) is 0 Å². The summed E-state index contributed by atoms with van der Waals surface area (Å²) in [7, 11) is 1.61. The van der Waals surface area contributed by atoms with Crippen LogP contribution in [-0.4, -0.2) is 13.1 Å². The minimum absolute atomic E-state index is 0.344. The van der Waals surface area contributed by atoms with E-state index in [1.807, 2.05) is 36.4 Å². The van der Waals surface area contributed by atoms with E-state index < -0.39 is 0 Å². The molecule has 0 fully saturated rings. The maximum Gasteiger partial charge on any atom is 0.343 e. The Morgan fingerprint density at radius 3 is 2.42 bits per heavy atom. The molecule has 0 aromatic heterocycles. The van der Waals surface area contributed by atoms with Crippen molar-refractivity contribution in [2.75, 3.05) is 7.11 Å². The smallest absolute Gasteiger partial charge is 0.343 e. The van der Waals surface area contributed by atoms with E-state index in [-0.39, 0.29) is 5.97 Å². The van der Waals surface area contributed by atoms with Gasteiger partial charge < -0.3 is 9.47 Å². The number of rotatable bonds is 4. The molecule has 0 N–H and O–H groups in total. The molecule has 0 amide bonds. The van der Waals surface area contributed by atoms with Crippen LogP contribution in [0.1, 0.15) is 36.5 Å². The Hall–Kier alpha value is -2.81. The Morgan fingerprint density at radius 2 is 1.75 bits per heavy atom. The van der Waals surface area contributed by atoms with Crippen LogP contribution in [0.3, 0.4) is 0 Å². The maximum absolute atomic E-state index is 12.2. The predicted molar refractivity (Wildman–Crippen MR) is 95.6 cm³/mol. The van der Waals surface area contributed by atoms with E-state index in [1.54, 1.807) is 19.3 Å². The first-order chi connectivity index (χ1) is 11.6. The average molecular weight is 320 g/mol. The molecule has 0 radical (unpaired) electrons. The van der Waals surface area contributed by atoms with Crippen LogP contribution in [0.15, 0.2) is 60.2 Å². The van der Waals surface area contributed by atoms with Gasteiger partial charge >= 0.3 is 5.97 Å². The second-order valence-corrected chi connectivity index (χ2v) is 6.02. The van der Waals surface area contributed by atoms with Crippen molar-refractivity contribution in [2.45, 2.75) is 19.8 Å². The lowest BCUT2D eigenvalue weighted by molar-refractivity contribution is -0.130. The summed E-state index contributed by atoms with van der Waals surface area (Å²) in [5.74, 6) is 1.43. The summed E-state index contributed by atoms with van der Waals surface area (Å²) < 4.78 is 10.7. The highest BCUT2D eigenvalue weighted by Crippen LogP contribution is 2.30. The first-order valence-corrected chi connectivity index (χ1v) is 7.97. The van der Waals surface area contributed by atoms with Gasteiger partial charge in [-0.05, 0) is 29.7 Å². The zero-order valence-corrected chi connectivity index (χ0v) is 14.1. The van der Waals surface area contributed by atoms with E-state index >= 15 is 0 Å². The van der Waals surface area contributed by atoms with Crippen LogP contribution >= 0.6 is 0 Å². The zero-order valence-electron chi connectivity index (χ0n) is 14.1. The second kappa shape index (κ2) is 6.75. The number of ether oxygens (including phenoxy) is 2. The number of para-hydroxylation sites is 1. The SMILES string of the molecule is COc1ccccc1/C=C1/C=C(c2ccc(C(C)C)cc2)OC1=O. The monoisotopic (exact) mass is 320 g/mol. The second-order valence-electron chi connectivity index (χ2n) is 6.02. The molecule has 2 aromatic rings. The van der Waals surface area contributed by atoms with Crippen LogP contribution in [0.4, 0.5) is 0 Å². The van der Waals surface area contributed by atoms with E-state index in [2.05, 4.69) is 26.0 Å². The summed E-state index contributed by atoms with van der Waals surface area (Å²) in [6, 6.07) is 15.7. The highest BCUT2D eigenvalue weighted by atomic mass is 16.5. The number of carbonyl (C=O) groups is 1. The lowest BCUT2D eigenvalue weighted by Crippen LogP contribution is -1.98. The predicted octanol–water partition coefficient (Wildman–Crippen LogP) is 4.80. The molecule has 122 valence electrons. The summed E-state index contributed by atoms with van der Waals surface area (Å²) >= 11 is 0. The van der Waals surface area contributed by atoms with Gasteiger partial charge in [-0.25, -0.2) is 4.79 Å². The molecule has 0 bridgehead atoms. The summed E-state index contributed by atoms with van der Waals surface area (Å²) in [6.45, 7) is 4.30. The third kappa shape index (κ3) is 3.25. The van der Waals surface area contributed by atoms with E-state index in [0.717, 1.165) is 16.9 Å². The van der Waals surface area contributed by atoms with Crippen molar-refractivity contribution in [2.24, 2.45) is 0 Å². The van der Waals surface area contributed by atoms with Crippen molar-refractivity contribution in [3.05, 3.63) is 76.9 Å². The molecule has 3 nitrogen and oxygen atoms in total. The van der Waals surface area contributed by atoms with Gasteiger partial charge in [0.2, 0.25) is 0 Å². The van der Waals surface area contributed by atoms with Crippen LogP contribution < -0.4 is 4.74 Å². The highest BCUT2D eigenvalue weighted by Gasteiger charge is 2.22. The molecule has 3 heteroatoms. The Balaban J connectivity index is 1.91. The standard InChI is InChI=1S/C21H20O3/c1-14(2)15-8-10-16(11-9-15)20-13-18(21(22)24-20)12-17-6-4-5-7-19(17)23-3/h4-14H,1-3H3/b18-12-. The Bertz CT molecular complexity index is 811. The fourth-order valence-corrected chi connectivity index (χ4v) is 2.62. The topological polar surface area (TPSA) is 35.5 Å². The molecular formula is C21H20O3. The summed E-state index contributed by atoms with van der Waals surface area (Å²) in [4.78, 5) is 12.2. The summed E-state index contributed by atoms with van der Waals surface area (Å²) in [5.41, 5.74) is 3.52. The number of benzene rings is 2. The van der Waals surface area contributed by atoms with Gasteiger partial charge in [0.15, 0.2) is 0 Å². The van der Waals surface area contributed by atoms with E-state index in [9.17, 15) is 4.79 Å². The van der Waals surface area contributed by atoms with E-state index in [1.165, 1.54) is 5.56 Å². The molecule has 0 saturated carbocycles. The Kier molecular flexibility index (Phi) is 4.52. The molecule has 1 heterocycles. The largest absolute Gasteiger partial charge is 0.496 e. The van der Waals surface area contributed by atoms with E-state index in [4.69, 9.17) is 9.47 Å². The number of cyclic esters (lactones) is 1. The van der Waals surface area contributed by atoms with Crippen LogP contribution in [0.2, 0.25) is 0 Å². The normalized spacial score (nSPS) is 15.6. The molecule has 0 aliphatic carbocycles. The summed E-state index contributed by atoms with van der Waals surface area (Å²) in [6.07, 6.45) is 3.57. The quantitative estimate of drug-likeness (QED) is 0.599. The van der Waals surface area contributed by atoms with Gasteiger partial charge in [-0.2, -0.15) is 0 Å². The van der Waals surface area contributed by atoms with Crippen LogP contribution in [0.5, 0.6) is 5.75 Å². The number of hydrogen-bond acceptors (Lipinski definition) is 3. The van der Waals surface area contributed by atoms with Crippen LogP contribution in [-0.2, 0) is 9.53 Å². The molecule has 1 aliphatic rings. The third-order valence-corrected chi connectivity index (χ3v) is 4.04. The first-order valence-electron chi connectivity index (χ1n) is 7.97. The molecule has 24 heavy (non-hydrogen) atoms. The Labute approximate surface area is 142 Å². The zero-order chi connectivity index (χ0) is 17.1. The number of hydrogen-bond donors (Lipinski definition) is 0. The van der Waals surface area contributed by atoms with Crippen molar-refractivity contribution in [1.29, 1.82) is 0 Å². The fraction of sp³-hybridized carbons (Fsp3) is 0.190. The van der Waals surface area contributed by atoms with Gasteiger partial charge in [-0.1, -0.05) is 56.3 Å². The molecule has 0 spiro atoms. The molecule has 3 rings (SSSR count). The third-order valence-electron chi connectivity index (χ3n) is 4.04. The van der Waals surface area contributed by atoms with Crippen molar-refractivity contribution in [1.82, 2.24) is 0 Å².